The summed E-state index contributed by atoms with van der Waals surface area (Å²) >= 11 is 1.68. The van der Waals surface area contributed by atoms with Crippen molar-refractivity contribution >= 4 is 27.4 Å². The van der Waals surface area contributed by atoms with E-state index in [9.17, 15) is 0 Å². The van der Waals surface area contributed by atoms with E-state index >= 15 is 0 Å². The molecule has 0 amide bonds. The number of aryl methyl sites for hydroxylation is 2. The molecule has 0 radical (unpaired) electrons. The SMILES string of the molecule is CCNc1nc(-c2c3c(nc4c(C)cccc24)CCC3)cs1. The van der Waals surface area contributed by atoms with Gasteiger partial charge in [0.15, 0.2) is 5.13 Å². The Morgan fingerprint density at radius 3 is 3.00 bits per heavy atom. The van der Waals surface area contributed by atoms with Crippen molar-refractivity contribution in [2.24, 2.45) is 0 Å². The minimum absolute atomic E-state index is 0.904. The average molecular weight is 309 g/mol. The first-order chi connectivity index (χ1) is 10.8. The molecule has 1 aliphatic carbocycles. The van der Waals surface area contributed by atoms with Gasteiger partial charge in [-0.2, -0.15) is 0 Å². The zero-order valence-electron chi connectivity index (χ0n) is 12.9. The normalized spacial score (nSPS) is 13.5. The molecule has 112 valence electrons. The molecule has 0 fully saturated rings. The summed E-state index contributed by atoms with van der Waals surface area (Å²) in [6, 6.07) is 6.46. The topological polar surface area (TPSA) is 37.8 Å². The van der Waals surface area contributed by atoms with Crippen LogP contribution in [-0.4, -0.2) is 16.5 Å². The number of benzene rings is 1. The second-order valence-corrected chi connectivity index (χ2v) is 6.66. The van der Waals surface area contributed by atoms with Crippen LogP contribution in [0.5, 0.6) is 0 Å². The van der Waals surface area contributed by atoms with Gasteiger partial charge in [0.1, 0.15) is 0 Å². The van der Waals surface area contributed by atoms with Crippen LogP contribution in [0.3, 0.4) is 0 Å². The van der Waals surface area contributed by atoms with Crippen molar-refractivity contribution in [3.63, 3.8) is 0 Å². The molecular weight excluding hydrogens is 290 g/mol. The molecule has 4 heteroatoms. The number of pyridine rings is 1. The van der Waals surface area contributed by atoms with Gasteiger partial charge in [-0.05, 0) is 44.2 Å². The smallest absolute Gasteiger partial charge is 0.183 e. The van der Waals surface area contributed by atoms with Gasteiger partial charge in [-0.15, -0.1) is 11.3 Å². The summed E-state index contributed by atoms with van der Waals surface area (Å²) in [7, 11) is 0. The summed E-state index contributed by atoms with van der Waals surface area (Å²) < 4.78 is 0. The lowest BCUT2D eigenvalue weighted by atomic mass is 9.97. The number of anilines is 1. The van der Waals surface area contributed by atoms with E-state index in [1.54, 1.807) is 11.3 Å². The summed E-state index contributed by atoms with van der Waals surface area (Å²) in [5.74, 6) is 0. The lowest BCUT2D eigenvalue weighted by Crippen LogP contribution is -1.98. The highest BCUT2D eigenvalue weighted by Gasteiger charge is 2.22. The Morgan fingerprint density at radius 1 is 1.23 bits per heavy atom. The van der Waals surface area contributed by atoms with Crippen LogP contribution in [0.4, 0.5) is 5.13 Å². The van der Waals surface area contributed by atoms with Gasteiger partial charge in [0, 0.05) is 28.6 Å². The monoisotopic (exact) mass is 309 g/mol. The van der Waals surface area contributed by atoms with E-state index in [0.29, 0.717) is 0 Å². The zero-order chi connectivity index (χ0) is 15.1. The predicted octanol–water partition coefficient (Wildman–Crippen LogP) is 4.59. The number of aromatic nitrogens is 2. The summed E-state index contributed by atoms with van der Waals surface area (Å²) in [5.41, 5.74) is 7.46. The van der Waals surface area contributed by atoms with Gasteiger partial charge < -0.3 is 5.32 Å². The molecule has 0 atom stereocenters. The lowest BCUT2D eigenvalue weighted by Gasteiger charge is -2.12. The Hall–Kier alpha value is -1.94. The fourth-order valence-corrected chi connectivity index (χ4v) is 4.11. The molecule has 0 saturated heterocycles. The van der Waals surface area contributed by atoms with Crippen LogP contribution < -0.4 is 5.32 Å². The van der Waals surface area contributed by atoms with Crippen LogP contribution in [0.15, 0.2) is 23.6 Å². The van der Waals surface area contributed by atoms with Gasteiger partial charge in [0.05, 0.1) is 11.2 Å². The lowest BCUT2D eigenvalue weighted by molar-refractivity contribution is 0.901. The molecule has 3 nitrogen and oxygen atoms in total. The molecular formula is C18H19N3S. The fraction of sp³-hybridized carbons (Fsp3) is 0.333. The first-order valence-corrected chi connectivity index (χ1v) is 8.76. The number of rotatable bonds is 3. The van der Waals surface area contributed by atoms with Gasteiger partial charge >= 0.3 is 0 Å². The van der Waals surface area contributed by atoms with Gasteiger partial charge in [-0.3, -0.25) is 4.98 Å². The van der Waals surface area contributed by atoms with Gasteiger partial charge in [0.2, 0.25) is 0 Å². The van der Waals surface area contributed by atoms with Crippen LogP contribution >= 0.6 is 11.3 Å². The number of hydrogen-bond acceptors (Lipinski definition) is 4. The molecule has 22 heavy (non-hydrogen) atoms. The van der Waals surface area contributed by atoms with Crippen LogP contribution in [0.25, 0.3) is 22.2 Å². The molecule has 1 N–H and O–H groups in total. The van der Waals surface area contributed by atoms with Gasteiger partial charge in [-0.25, -0.2) is 4.98 Å². The molecule has 0 bridgehead atoms. The average Bonchev–Trinajstić information content (AvgIpc) is 3.15. The number of thiazole rings is 1. The maximum absolute atomic E-state index is 4.94. The third kappa shape index (κ3) is 2.10. The first-order valence-electron chi connectivity index (χ1n) is 7.88. The Bertz CT molecular complexity index is 851. The Labute approximate surface area is 134 Å². The third-order valence-electron chi connectivity index (χ3n) is 4.33. The largest absolute Gasteiger partial charge is 0.362 e. The van der Waals surface area contributed by atoms with E-state index in [1.807, 2.05) is 0 Å². The number of nitrogens with zero attached hydrogens (tertiary/aromatic N) is 2. The van der Waals surface area contributed by atoms with Crippen molar-refractivity contribution in [3.8, 4) is 11.3 Å². The van der Waals surface area contributed by atoms with Gasteiger partial charge in [-0.1, -0.05) is 18.2 Å². The van der Waals surface area contributed by atoms with Crippen LogP contribution in [0.1, 0.15) is 30.2 Å². The second-order valence-electron chi connectivity index (χ2n) is 5.80. The molecule has 1 aromatic carbocycles. The quantitative estimate of drug-likeness (QED) is 0.769. The summed E-state index contributed by atoms with van der Waals surface area (Å²) in [5, 5.41) is 7.74. The Balaban J connectivity index is 2.00. The Morgan fingerprint density at radius 2 is 2.14 bits per heavy atom. The molecule has 0 aliphatic heterocycles. The van der Waals surface area contributed by atoms with E-state index in [4.69, 9.17) is 9.97 Å². The van der Waals surface area contributed by atoms with Crippen molar-refractivity contribution in [3.05, 3.63) is 40.4 Å². The summed E-state index contributed by atoms with van der Waals surface area (Å²) in [4.78, 5) is 9.75. The van der Waals surface area contributed by atoms with Crippen LogP contribution in [0, 0.1) is 6.92 Å². The van der Waals surface area contributed by atoms with E-state index in [-0.39, 0.29) is 0 Å². The standard InChI is InChI=1S/C18H19N3S/c1-3-19-18-21-15(10-22-18)16-12-7-5-9-14(12)20-17-11(2)6-4-8-13(16)17/h4,6,8,10H,3,5,7,9H2,1-2H3,(H,19,21). The molecule has 0 unspecified atom stereocenters. The molecule has 0 spiro atoms. The maximum atomic E-state index is 4.94. The highest BCUT2D eigenvalue weighted by Crippen LogP contribution is 2.38. The Kier molecular flexibility index (Phi) is 3.34. The molecule has 1 aliphatic rings. The van der Waals surface area contributed by atoms with Crippen molar-refractivity contribution in [1.82, 2.24) is 9.97 Å². The minimum atomic E-state index is 0.904. The fourth-order valence-electron chi connectivity index (χ4n) is 3.34. The van der Waals surface area contributed by atoms with Crippen molar-refractivity contribution < 1.29 is 0 Å². The van der Waals surface area contributed by atoms with E-state index in [1.165, 1.54) is 34.2 Å². The van der Waals surface area contributed by atoms with Crippen molar-refractivity contribution in [1.29, 1.82) is 0 Å². The molecule has 4 rings (SSSR count). The second kappa shape index (κ2) is 5.36. The number of hydrogen-bond donors (Lipinski definition) is 1. The molecule has 0 saturated carbocycles. The summed E-state index contributed by atoms with van der Waals surface area (Å²) in [6.45, 7) is 5.15. The van der Waals surface area contributed by atoms with E-state index in [2.05, 4.69) is 42.7 Å². The molecule has 3 aromatic rings. The highest BCUT2D eigenvalue weighted by molar-refractivity contribution is 7.14. The first kappa shape index (κ1) is 13.7. The third-order valence-corrected chi connectivity index (χ3v) is 5.13. The maximum Gasteiger partial charge on any atom is 0.183 e. The van der Waals surface area contributed by atoms with Crippen LogP contribution in [0.2, 0.25) is 0 Å². The van der Waals surface area contributed by atoms with Crippen molar-refractivity contribution in [2.45, 2.75) is 33.1 Å². The number of fused-ring (bicyclic) bond motifs is 2. The number of nitrogens with one attached hydrogen (secondary N) is 1. The number of para-hydroxylation sites is 1. The zero-order valence-corrected chi connectivity index (χ0v) is 13.8. The molecule has 2 aromatic heterocycles. The molecule has 2 heterocycles. The minimum Gasteiger partial charge on any atom is -0.362 e. The highest BCUT2D eigenvalue weighted by atomic mass is 32.1. The van der Waals surface area contributed by atoms with Crippen LogP contribution in [-0.2, 0) is 12.8 Å². The van der Waals surface area contributed by atoms with Crippen molar-refractivity contribution in [2.75, 3.05) is 11.9 Å². The van der Waals surface area contributed by atoms with E-state index in [0.717, 1.165) is 35.7 Å². The van der Waals surface area contributed by atoms with Gasteiger partial charge in [0.25, 0.3) is 0 Å². The summed E-state index contributed by atoms with van der Waals surface area (Å²) in [6.07, 6.45) is 3.42. The predicted molar refractivity (Wildman–Crippen MR) is 93.8 cm³/mol. The van der Waals surface area contributed by atoms with E-state index < -0.39 is 0 Å².